The minimum atomic E-state index is -0.233. The number of hydrogen-bond acceptors (Lipinski definition) is 5. The monoisotopic (exact) mass is 337 g/mol. The molecule has 1 aliphatic carbocycles. The van der Waals surface area contributed by atoms with Crippen LogP contribution in [-0.4, -0.2) is 30.9 Å². The van der Waals surface area contributed by atoms with E-state index in [1.54, 1.807) is 16.8 Å². The Labute approximate surface area is 144 Å². The van der Waals surface area contributed by atoms with Gasteiger partial charge in [0.2, 0.25) is 5.95 Å². The van der Waals surface area contributed by atoms with E-state index >= 15 is 0 Å². The second-order valence-electron chi connectivity index (χ2n) is 6.20. The highest BCUT2D eigenvalue weighted by molar-refractivity contribution is 6.03. The summed E-state index contributed by atoms with van der Waals surface area (Å²) in [4.78, 5) is 16.7. The van der Waals surface area contributed by atoms with Gasteiger partial charge in [-0.25, -0.2) is 0 Å². The number of aromatic nitrogens is 5. The van der Waals surface area contributed by atoms with Gasteiger partial charge in [0, 0.05) is 36.5 Å². The number of rotatable bonds is 5. The lowest BCUT2D eigenvalue weighted by Gasteiger charge is -2.22. The summed E-state index contributed by atoms with van der Waals surface area (Å²) in [6, 6.07) is 9.05. The first-order valence-corrected chi connectivity index (χ1v) is 8.28. The summed E-state index contributed by atoms with van der Waals surface area (Å²) in [5.41, 5.74) is 1.40. The predicted molar refractivity (Wildman–Crippen MR) is 93.9 cm³/mol. The quantitative estimate of drug-likeness (QED) is 0.665. The minimum Gasteiger partial charge on any atom is -0.339 e. The standard InChI is InChI=1S/C17H19N7O/c1-24-10-9-14(23-24)18-13-7-5-12(6-8-13)16(25)20-17-19-15(21-22-17)11-3-2-4-11/h5-11H,2-4H2,1H3,(H,18,23)(H2,19,20,21,22,25). The van der Waals surface area contributed by atoms with Crippen LogP contribution in [-0.2, 0) is 7.05 Å². The first kappa shape index (κ1) is 15.4. The number of hydrogen-bond donors (Lipinski definition) is 3. The van der Waals surface area contributed by atoms with Gasteiger partial charge in [-0.15, -0.1) is 5.10 Å². The van der Waals surface area contributed by atoms with E-state index in [-0.39, 0.29) is 5.91 Å². The van der Waals surface area contributed by atoms with Crippen molar-refractivity contribution in [1.82, 2.24) is 25.0 Å². The van der Waals surface area contributed by atoms with Crippen molar-refractivity contribution in [1.29, 1.82) is 0 Å². The van der Waals surface area contributed by atoms with Gasteiger partial charge < -0.3 is 5.32 Å². The highest BCUT2D eigenvalue weighted by Gasteiger charge is 2.23. The lowest BCUT2D eigenvalue weighted by atomic mass is 9.85. The van der Waals surface area contributed by atoms with Crippen LogP contribution in [0.25, 0.3) is 0 Å². The van der Waals surface area contributed by atoms with E-state index in [0.29, 0.717) is 17.4 Å². The lowest BCUT2D eigenvalue weighted by Crippen LogP contribution is -2.13. The third-order valence-corrected chi connectivity index (χ3v) is 4.35. The summed E-state index contributed by atoms with van der Waals surface area (Å²) in [6.07, 6.45) is 5.35. The molecule has 0 radical (unpaired) electrons. The first-order valence-electron chi connectivity index (χ1n) is 8.28. The molecule has 0 aliphatic heterocycles. The van der Waals surface area contributed by atoms with Crippen molar-refractivity contribution >= 4 is 23.4 Å². The molecule has 1 fully saturated rings. The minimum absolute atomic E-state index is 0.233. The van der Waals surface area contributed by atoms with Crippen LogP contribution in [0.15, 0.2) is 36.5 Å². The van der Waals surface area contributed by atoms with E-state index in [2.05, 4.69) is 30.9 Å². The number of anilines is 3. The Kier molecular flexibility index (Phi) is 3.93. The molecule has 0 atom stereocenters. The van der Waals surface area contributed by atoms with E-state index in [0.717, 1.165) is 30.2 Å². The molecule has 1 amide bonds. The molecule has 8 nitrogen and oxygen atoms in total. The summed E-state index contributed by atoms with van der Waals surface area (Å²) >= 11 is 0. The topological polar surface area (TPSA) is 101 Å². The number of nitrogens with zero attached hydrogens (tertiary/aromatic N) is 4. The van der Waals surface area contributed by atoms with Crippen molar-refractivity contribution in [3.05, 3.63) is 47.9 Å². The van der Waals surface area contributed by atoms with Crippen LogP contribution in [0, 0.1) is 0 Å². The molecule has 128 valence electrons. The fourth-order valence-electron chi connectivity index (χ4n) is 2.70. The second-order valence-corrected chi connectivity index (χ2v) is 6.20. The molecule has 1 aliphatic rings. The van der Waals surface area contributed by atoms with Crippen LogP contribution in [0.1, 0.15) is 41.4 Å². The van der Waals surface area contributed by atoms with E-state index in [1.165, 1.54) is 6.42 Å². The van der Waals surface area contributed by atoms with Gasteiger partial charge >= 0.3 is 0 Å². The van der Waals surface area contributed by atoms with Crippen LogP contribution in [0.4, 0.5) is 17.5 Å². The van der Waals surface area contributed by atoms with Gasteiger partial charge in [0.05, 0.1) is 0 Å². The Morgan fingerprint density at radius 1 is 1.24 bits per heavy atom. The normalized spacial score (nSPS) is 14.1. The highest BCUT2D eigenvalue weighted by atomic mass is 16.1. The zero-order valence-corrected chi connectivity index (χ0v) is 13.9. The van der Waals surface area contributed by atoms with Crippen molar-refractivity contribution in [3.63, 3.8) is 0 Å². The molecule has 3 aromatic rings. The molecule has 0 spiro atoms. The lowest BCUT2D eigenvalue weighted by molar-refractivity contribution is 0.102. The fourth-order valence-corrected chi connectivity index (χ4v) is 2.70. The van der Waals surface area contributed by atoms with Gasteiger partial charge in [-0.3, -0.25) is 19.9 Å². The molecule has 8 heteroatoms. The van der Waals surface area contributed by atoms with Crippen LogP contribution in [0.3, 0.4) is 0 Å². The SMILES string of the molecule is Cn1ccc(Nc2ccc(C(=O)Nc3n[nH]c(C4CCC4)n3)cc2)n1. The number of carbonyl (C=O) groups excluding carboxylic acids is 1. The molecule has 3 N–H and O–H groups in total. The van der Waals surface area contributed by atoms with Gasteiger partial charge in [-0.05, 0) is 37.1 Å². The van der Waals surface area contributed by atoms with E-state index in [4.69, 9.17) is 0 Å². The fraction of sp³-hybridized carbons (Fsp3) is 0.294. The smallest absolute Gasteiger partial charge is 0.258 e. The average molecular weight is 337 g/mol. The molecular weight excluding hydrogens is 318 g/mol. The maximum absolute atomic E-state index is 12.3. The zero-order chi connectivity index (χ0) is 17.2. The Bertz CT molecular complexity index is 877. The van der Waals surface area contributed by atoms with Gasteiger partial charge in [0.1, 0.15) is 5.82 Å². The third kappa shape index (κ3) is 3.37. The summed E-state index contributed by atoms with van der Waals surface area (Å²) in [7, 11) is 1.86. The van der Waals surface area contributed by atoms with Gasteiger partial charge in [0.25, 0.3) is 5.91 Å². The highest BCUT2D eigenvalue weighted by Crippen LogP contribution is 2.34. The van der Waals surface area contributed by atoms with Crippen molar-refractivity contribution in [2.24, 2.45) is 7.05 Å². The Hall–Kier alpha value is -3.16. The Morgan fingerprint density at radius 3 is 2.68 bits per heavy atom. The van der Waals surface area contributed by atoms with Crippen LogP contribution in [0.5, 0.6) is 0 Å². The van der Waals surface area contributed by atoms with Gasteiger partial charge in [-0.2, -0.15) is 10.1 Å². The molecular formula is C17H19N7O. The summed E-state index contributed by atoms with van der Waals surface area (Å²) in [6.45, 7) is 0. The number of aryl methyl sites for hydroxylation is 1. The zero-order valence-electron chi connectivity index (χ0n) is 13.9. The van der Waals surface area contributed by atoms with E-state index in [9.17, 15) is 4.79 Å². The number of benzene rings is 1. The molecule has 25 heavy (non-hydrogen) atoms. The second kappa shape index (κ2) is 6.39. The molecule has 0 bridgehead atoms. The molecule has 1 aromatic carbocycles. The van der Waals surface area contributed by atoms with Crippen molar-refractivity contribution < 1.29 is 4.79 Å². The first-order chi connectivity index (χ1) is 12.2. The van der Waals surface area contributed by atoms with Gasteiger partial charge in [0.15, 0.2) is 5.82 Å². The van der Waals surface area contributed by atoms with Crippen LogP contribution < -0.4 is 10.6 Å². The van der Waals surface area contributed by atoms with Crippen LogP contribution in [0.2, 0.25) is 0 Å². The molecule has 0 unspecified atom stereocenters. The predicted octanol–water partition coefficient (Wildman–Crippen LogP) is 2.80. The molecule has 1 saturated carbocycles. The number of nitrogens with one attached hydrogen (secondary N) is 3. The number of amides is 1. The van der Waals surface area contributed by atoms with E-state index in [1.807, 2.05) is 31.4 Å². The Morgan fingerprint density at radius 2 is 2.04 bits per heavy atom. The third-order valence-electron chi connectivity index (χ3n) is 4.35. The van der Waals surface area contributed by atoms with E-state index < -0.39 is 0 Å². The van der Waals surface area contributed by atoms with Crippen LogP contribution >= 0.6 is 0 Å². The number of H-pyrrole nitrogens is 1. The largest absolute Gasteiger partial charge is 0.339 e. The van der Waals surface area contributed by atoms with Crippen molar-refractivity contribution in [2.75, 3.05) is 10.6 Å². The molecule has 4 rings (SSSR count). The average Bonchev–Trinajstić information content (AvgIpc) is 3.16. The number of carbonyl (C=O) groups is 1. The molecule has 2 heterocycles. The maximum Gasteiger partial charge on any atom is 0.258 e. The maximum atomic E-state index is 12.3. The van der Waals surface area contributed by atoms with Crippen molar-refractivity contribution in [2.45, 2.75) is 25.2 Å². The summed E-state index contributed by atoms with van der Waals surface area (Å²) in [5.74, 6) is 2.15. The summed E-state index contributed by atoms with van der Waals surface area (Å²) < 4.78 is 1.72. The number of aromatic amines is 1. The molecule has 2 aromatic heterocycles. The summed E-state index contributed by atoms with van der Waals surface area (Å²) in [5, 5.41) is 17.1. The Balaban J connectivity index is 1.39. The van der Waals surface area contributed by atoms with Gasteiger partial charge in [-0.1, -0.05) is 6.42 Å². The van der Waals surface area contributed by atoms with Crippen molar-refractivity contribution in [3.8, 4) is 0 Å². The molecule has 0 saturated heterocycles.